The second-order valence-electron chi connectivity index (χ2n) is 5.83. The number of hydrogen-bond acceptors (Lipinski definition) is 6. The number of carbonyl (C=O) groups is 3. The van der Waals surface area contributed by atoms with Gasteiger partial charge in [-0.05, 0) is 18.9 Å². The van der Waals surface area contributed by atoms with Crippen LogP contribution in [0, 0.1) is 5.92 Å². The van der Waals surface area contributed by atoms with Gasteiger partial charge in [0.2, 0.25) is 5.91 Å². The lowest BCUT2D eigenvalue weighted by Crippen LogP contribution is -2.33. The Balaban J connectivity index is 1.57. The van der Waals surface area contributed by atoms with Crippen LogP contribution in [-0.4, -0.2) is 37.2 Å². The van der Waals surface area contributed by atoms with Gasteiger partial charge in [0.15, 0.2) is 0 Å². The van der Waals surface area contributed by atoms with Gasteiger partial charge in [0.1, 0.15) is 6.61 Å². The molecule has 1 aromatic rings. The summed E-state index contributed by atoms with van der Waals surface area (Å²) in [5.74, 6) is -1.18. The number of benzene rings is 1. The molecule has 2 amide bonds. The Morgan fingerprint density at radius 3 is 2.76 bits per heavy atom. The van der Waals surface area contributed by atoms with Crippen LogP contribution in [0.25, 0.3) is 0 Å². The SMILES string of the molecule is C[C@@H](COC[C@@H]1CCC(=O)N1)C(=O)ONC(=O)OCc1ccccc1. The third-order valence-corrected chi connectivity index (χ3v) is 3.62. The van der Waals surface area contributed by atoms with E-state index in [1.165, 1.54) is 0 Å². The molecule has 0 radical (unpaired) electrons. The highest BCUT2D eigenvalue weighted by Crippen LogP contribution is 2.08. The Morgan fingerprint density at radius 1 is 1.32 bits per heavy atom. The van der Waals surface area contributed by atoms with Crippen molar-refractivity contribution in [3.8, 4) is 0 Å². The van der Waals surface area contributed by atoms with Crippen LogP contribution < -0.4 is 10.8 Å². The maximum Gasteiger partial charge on any atom is 0.441 e. The largest absolute Gasteiger partial charge is 0.443 e. The molecule has 0 saturated carbocycles. The third-order valence-electron chi connectivity index (χ3n) is 3.62. The summed E-state index contributed by atoms with van der Waals surface area (Å²) in [6, 6.07) is 9.12. The molecular weight excluding hydrogens is 328 g/mol. The number of carbonyl (C=O) groups excluding carboxylic acids is 3. The fraction of sp³-hybridized carbons (Fsp3) is 0.471. The van der Waals surface area contributed by atoms with Gasteiger partial charge in [0, 0.05) is 6.42 Å². The molecule has 25 heavy (non-hydrogen) atoms. The lowest BCUT2D eigenvalue weighted by Gasteiger charge is -2.14. The number of hydrogen-bond donors (Lipinski definition) is 2. The van der Waals surface area contributed by atoms with E-state index in [1.807, 2.05) is 35.8 Å². The molecule has 2 atom stereocenters. The van der Waals surface area contributed by atoms with Crippen molar-refractivity contribution in [1.82, 2.24) is 10.8 Å². The summed E-state index contributed by atoms with van der Waals surface area (Å²) in [7, 11) is 0. The minimum atomic E-state index is -0.848. The average Bonchev–Trinajstić information content (AvgIpc) is 3.03. The van der Waals surface area contributed by atoms with E-state index in [9.17, 15) is 14.4 Å². The van der Waals surface area contributed by atoms with Gasteiger partial charge < -0.3 is 19.6 Å². The summed E-state index contributed by atoms with van der Waals surface area (Å²) >= 11 is 0. The summed E-state index contributed by atoms with van der Waals surface area (Å²) in [6.07, 6.45) is 0.381. The molecule has 0 aliphatic carbocycles. The highest BCUT2D eigenvalue weighted by Gasteiger charge is 2.22. The molecule has 1 fully saturated rings. The molecule has 0 unspecified atom stereocenters. The maximum absolute atomic E-state index is 11.8. The molecule has 0 bridgehead atoms. The standard InChI is InChI=1S/C17H22N2O6/c1-12(9-23-11-14-7-8-15(20)18-14)16(21)25-19-17(22)24-10-13-5-3-2-4-6-13/h2-6,12,14H,7-11H2,1H3,(H,18,20)(H,19,22)/t12-,14-/m0/s1. The van der Waals surface area contributed by atoms with Crippen LogP contribution in [0.1, 0.15) is 25.3 Å². The zero-order chi connectivity index (χ0) is 18.1. The molecule has 136 valence electrons. The zero-order valence-corrected chi connectivity index (χ0v) is 14.0. The van der Waals surface area contributed by atoms with Gasteiger partial charge >= 0.3 is 12.1 Å². The molecular formula is C17H22N2O6. The Kier molecular flexibility index (Phi) is 7.21. The van der Waals surface area contributed by atoms with E-state index in [0.29, 0.717) is 13.0 Å². The minimum absolute atomic E-state index is 0.0122. The smallest absolute Gasteiger partial charge is 0.441 e. The topological polar surface area (TPSA) is 103 Å². The Morgan fingerprint density at radius 2 is 2.08 bits per heavy atom. The highest BCUT2D eigenvalue weighted by molar-refractivity contribution is 5.78. The van der Waals surface area contributed by atoms with Crippen molar-refractivity contribution < 1.29 is 28.7 Å². The molecule has 1 aliphatic heterocycles. The van der Waals surface area contributed by atoms with Crippen molar-refractivity contribution in [3.05, 3.63) is 35.9 Å². The monoisotopic (exact) mass is 350 g/mol. The van der Waals surface area contributed by atoms with E-state index in [0.717, 1.165) is 12.0 Å². The van der Waals surface area contributed by atoms with E-state index in [2.05, 4.69) is 10.2 Å². The molecule has 1 aromatic carbocycles. The third kappa shape index (κ3) is 6.80. The lowest BCUT2D eigenvalue weighted by atomic mass is 10.2. The van der Waals surface area contributed by atoms with Crippen LogP contribution in [0.4, 0.5) is 4.79 Å². The summed E-state index contributed by atoms with van der Waals surface area (Å²) in [5.41, 5.74) is 2.77. The first-order valence-electron chi connectivity index (χ1n) is 8.09. The van der Waals surface area contributed by atoms with Gasteiger partial charge in [0.05, 0.1) is 25.2 Å². The predicted molar refractivity (Wildman–Crippen MR) is 87.0 cm³/mol. The molecule has 1 saturated heterocycles. The van der Waals surface area contributed by atoms with E-state index in [1.54, 1.807) is 6.92 Å². The van der Waals surface area contributed by atoms with Crippen LogP contribution >= 0.6 is 0 Å². The quantitative estimate of drug-likeness (QED) is 0.719. The number of amides is 2. The van der Waals surface area contributed by atoms with Crippen LogP contribution in [0.15, 0.2) is 30.3 Å². The second kappa shape index (κ2) is 9.63. The van der Waals surface area contributed by atoms with Crippen molar-refractivity contribution in [1.29, 1.82) is 0 Å². The summed E-state index contributed by atoms with van der Waals surface area (Å²) in [6.45, 7) is 2.17. The predicted octanol–water partition coefficient (Wildman–Crippen LogP) is 1.30. The van der Waals surface area contributed by atoms with E-state index < -0.39 is 18.0 Å². The Hall–Kier alpha value is -2.61. The molecule has 8 heteroatoms. The molecule has 8 nitrogen and oxygen atoms in total. The molecule has 0 spiro atoms. The maximum atomic E-state index is 11.8. The first-order chi connectivity index (χ1) is 12.0. The highest BCUT2D eigenvalue weighted by atomic mass is 16.7. The minimum Gasteiger partial charge on any atom is -0.443 e. The number of rotatable bonds is 7. The van der Waals surface area contributed by atoms with Gasteiger partial charge in [0.25, 0.3) is 0 Å². The molecule has 1 aliphatic rings. The summed E-state index contributed by atoms with van der Waals surface area (Å²) in [4.78, 5) is 39.0. The van der Waals surface area contributed by atoms with Crippen molar-refractivity contribution in [2.75, 3.05) is 13.2 Å². The van der Waals surface area contributed by atoms with Crippen molar-refractivity contribution >= 4 is 18.0 Å². The van der Waals surface area contributed by atoms with Crippen molar-refractivity contribution in [3.63, 3.8) is 0 Å². The van der Waals surface area contributed by atoms with Crippen LogP contribution in [0.2, 0.25) is 0 Å². The molecule has 2 rings (SSSR count). The van der Waals surface area contributed by atoms with Crippen LogP contribution in [0.3, 0.4) is 0 Å². The Bertz CT molecular complexity index is 592. The van der Waals surface area contributed by atoms with Gasteiger partial charge in [-0.15, -0.1) is 5.48 Å². The number of nitrogens with one attached hydrogen (secondary N) is 2. The number of hydroxylamine groups is 1. The fourth-order valence-corrected chi connectivity index (χ4v) is 2.20. The van der Waals surface area contributed by atoms with E-state index in [-0.39, 0.29) is 25.2 Å². The van der Waals surface area contributed by atoms with Crippen LogP contribution in [0.5, 0.6) is 0 Å². The summed E-state index contributed by atoms with van der Waals surface area (Å²) in [5, 5.41) is 2.77. The van der Waals surface area contributed by atoms with Gasteiger partial charge in [-0.25, -0.2) is 9.59 Å². The zero-order valence-electron chi connectivity index (χ0n) is 14.0. The molecule has 2 N–H and O–H groups in total. The second-order valence-corrected chi connectivity index (χ2v) is 5.83. The Labute approximate surface area is 145 Å². The average molecular weight is 350 g/mol. The fourth-order valence-electron chi connectivity index (χ4n) is 2.20. The van der Waals surface area contributed by atoms with Crippen molar-refractivity contribution in [2.45, 2.75) is 32.4 Å². The first-order valence-corrected chi connectivity index (χ1v) is 8.09. The van der Waals surface area contributed by atoms with E-state index in [4.69, 9.17) is 9.47 Å². The molecule has 1 heterocycles. The van der Waals surface area contributed by atoms with Gasteiger partial charge in [-0.3, -0.25) is 4.79 Å². The lowest BCUT2D eigenvalue weighted by molar-refractivity contribution is -0.156. The first kappa shape index (κ1) is 18.7. The van der Waals surface area contributed by atoms with E-state index >= 15 is 0 Å². The van der Waals surface area contributed by atoms with Gasteiger partial charge in [-0.2, -0.15) is 0 Å². The molecule has 0 aromatic heterocycles. The normalized spacial score (nSPS) is 17.5. The van der Waals surface area contributed by atoms with Crippen molar-refractivity contribution in [2.24, 2.45) is 5.92 Å². The summed E-state index contributed by atoms with van der Waals surface area (Å²) < 4.78 is 10.3. The number of ether oxygens (including phenoxy) is 2. The van der Waals surface area contributed by atoms with Crippen LogP contribution in [-0.2, 0) is 30.5 Å². The van der Waals surface area contributed by atoms with Gasteiger partial charge in [-0.1, -0.05) is 30.3 Å².